The zero-order valence-corrected chi connectivity index (χ0v) is 22.0. The Bertz CT molecular complexity index is 1440. The number of nitrogens with zero attached hydrogens (tertiary/aromatic N) is 4. The molecule has 2 unspecified atom stereocenters. The minimum Gasteiger partial charge on any atom is -0.481 e. The van der Waals surface area contributed by atoms with Crippen molar-refractivity contribution < 1.29 is 29.2 Å². The number of carboxylic acids is 1. The van der Waals surface area contributed by atoms with Gasteiger partial charge in [0, 0.05) is 43.5 Å². The molecule has 3 aromatic rings. The van der Waals surface area contributed by atoms with Crippen LogP contribution in [0.25, 0.3) is 0 Å². The smallest absolute Gasteiger partial charge is 0.344 e. The monoisotopic (exact) mass is 544 g/mol. The molecule has 4 rings (SSSR count). The number of hydrogen-bond donors (Lipinski definition) is 1. The van der Waals surface area contributed by atoms with Crippen molar-refractivity contribution in [2.45, 2.75) is 19.4 Å². The summed E-state index contributed by atoms with van der Waals surface area (Å²) in [4.78, 5) is 55.5. The molecule has 1 aliphatic heterocycles. The third-order valence-corrected chi connectivity index (χ3v) is 6.63. The van der Waals surface area contributed by atoms with Crippen LogP contribution in [-0.4, -0.2) is 63.6 Å². The Morgan fingerprint density at radius 3 is 2.38 bits per heavy atom. The maximum absolute atomic E-state index is 13.0. The summed E-state index contributed by atoms with van der Waals surface area (Å²) in [5, 5.41) is 21.3. The molecule has 0 aromatic heterocycles. The lowest BCUT2D eigenvalue weighted by Gasteiger charge is -2.38. The molecule has 3 aromatic carbocycles. The van der Waals surface area contributed by atoms with E-state index < -0.39 is 28.9 Å². The Balaban J connectivity index is 1.44. The zero-order valence-electron chi connectivity index (χ0n) is 22.0. The minimum absolute atomic E-state index is 0.0915. The van der Waals surface area contributed by atoms with E-state index in [1.165, 1.54) is 34.9 Å². The molecule has 0 spiro atoms. The Morgan fingerprint density at radius 2 is 1.73 bits per heavy atom. The van der Waals surface area contributed by atoms with E-state index in [2.05, 4.69) is 4.99 Å². The summed E-state index contributed by atoms with van der Waals surface area (Å²) in [5.74, 6) is -1.33. The van der Waals surface area contributed by atoms with Crippen molar-refractivity contribution in [1.29, 1.82) is 0 Å². The molecule has 0 radical (unpaired) electrons. The van der Waals surface area contributed by atoms with Crippen LogP contribution in [0.5, 0.6) is 11.5 Å². The molecule has 40 heavy (non-hydrogen) atoms. The highest BCUT2D eigenvalue weighted by Gasteiger charge is 2.42. The summed E-state index contributed by atoms with van der Waals surface area (Å²) in [6, 6.07) is 20.0. The fourth-order valence-electron chi connectivity index (χ4n) is 4.65. The molecule has 1 heterocycles. The lowest BCUT2D eigenvalue weighted by Crippen LogP contribution is -2.47. The van der Waals surface area contributed by atoms with E-state index in [0.29, 0.717) is 29.0 Å². The van der Waals surface area contributed by atoms with E-state index in [1.54, 1.807) is 37.4 Å². The number of para-hydroxylation sites is 1. The average Bonchev–Trinajstić information content (AvgIpc) is 2.94. The van der Waals surface area contributed by atoms with E-state index in [4.69, 9.17) is 4.74 Å². The van der Waals surface area contributed by atoms with Crippen molar-refractivity contribution in [2.24, 2.45) is 10.9 Å². The molecule has 1 aliphatic rings. The van der Waals surface area contributed by atoms with Gasteiger partial charge in [0.25, 0.3) is 11.6 Å². The first-order valence-corrected chi connectivity index (χ1v) is 12.6. The van der Waals surface area contributed by atoms with Crippen LogP contribution < -0.4 is 4.74 Å². The molecule has 11 heteroatoms. The largest absolute Gasteiger partial charge is 0.481 e. The lowest BCUT2D eigenvalue weighted by atomic mass is 9.86. The second-order valence-corrected chi connectivity index (χ2v) is 9.36. The number of aliphatic imine (C=N–C) groups is 1. The maximum Gasteiger partial charge on any atom is 0.344 e. The Kier molecular flexibility index (Phi) is 8.53. The SMILES string of the molecule is CC1=NC(=O)N(CCCN(C)C(=O)c2ccc(Oc3ccccc3)cc2)C(c2cccc([N+](=O)[O-])c2)C1C(=O)O. The van der Waals surface area contributed by atoms with Crippen molar-refractivity contribution >= 4 is 29.3 Å². The molecule has 0 saturated carbocycles. The van der Waals surface area contributed by atoms with Gasteiger partial charge in [0.2, 0.25) is 0 Å². The summed E-state index contributed by atoms with van der Waals surface area (Å²) in [7, 11) is 1.63. The van der Waals surface area contributed by atoms with Crippen LogP contribution in [0.3, 0.4) is 0 Å². The van der Waals surface area contributed by atoms with E-state index in [-0.39, 0.29) is 30.4 Å². The second-order valence-electron chi connectivity index (χ2n) is 9.36. The summed E-state index contributed by atoms with van der Waals surface area (Å²) >= 11 is 0. The van der Waals surface area contributed by atoms with Gasteiger partial charge in [-0.05, 0) is 55.3 Å². The van der Waals surface area contributed by atoms with Crippen molar-refractivity contribution in [3.8, 4) is 11.5 Å². The third-order valence-electron chi connectivity index (χ3n) is 6.63. The van der Waals surface area contributed by atoms with Gasteiger partial charge in [0.1, 0.15) is 17.4 Å². The third kappa shape index (κ3) is 6.32. The summed E-state index contributed by atoms with van der Waals surface area (Å²) < 4.78 is 5.76. The highest BCUT2D eigenvalue weighted by molar-refractivity contribution is 6.07. The molecular formula is C29H28N4O7. The summed E-state index contributed by atoms with van der Waals surface area (Å²) in [6.45, 7) is 1.82. The van der Waals surface area contributed by atoms with Crippen LogP contribution in [-0.2, 0) is 4.79 Å². The van der Waals surface area contributed by atoms with Crippen molar-refractivity contribution in [1.82, 2.24) is 9.80 Å². The number of amides is 3. The van der Waals surface area contributed by atoms with Crippen molar-refractivity contribution in [3.63, 3.8) is 0 Å². The highest BCUT2D eigenvalue weighted by Crippen LogP contribution is 2.36. The molecule has 0 aliphatic carbocycles. The zero-order chi connectivity index (χ0) is 28.8. The molecule has 3 amide bonds. The Morgan fingerprint density at radius 1 is 1.05 bits per heavy atom. The fourth-order valence-corrected chi connectivity index (χ4v) is 4.65. The number of carbonyl (C=O) groups is 3. The highest BCUT2D eigenvalue weighted by atomic mass is 16.6. The molecule has 0 saturated heterocycles. The van der Waals surface area contributed by atoms with Gasteiger partial charge in [-0.15, -0.1) is 0 Å². The normalized spacial score (nSPS) is 16.7. The molecule has 206 valence electrons. The van der Waals surface area contributed by atoms with Crippen molar-refractivity contribution in [3.05, 3.63) is 100 Å². The van der Waals surface area contributed by atoms with E-state index in [0.717, 1.165) is 0 Å². The quantitative estimate of drug-likeness (QED) is 0.273. The molecule has 1 N–H and O–H groups in total. The van der Waals surface area contributed by atoms with Crippen LogP contribution in [0.1, 0.15) is 35.3 Å². The first kappa shape index (κ1) is 28.0. The van der Waals surface area contributed by atoms with E-state index >= 15 is 0 Å². The summed E-state index contributed by atoms with van der Waals surface area (Å²) in [5.41, 5.74) is 0.695. The Labute approximate surface area is 230 Å². The van der Waals surface area contributed by atoms with Crippen LogP contribution in [0, 0.1) is 16.0 Å². The van der Waals surface area contributed by atoms with Gasteiger partial charge in [0.05, 0.1) is 11.0 Å². The first-order valence-electron chi connectivity index (χ1n) is 12.6. The topological polar surface area (TPSA) is 143 Å². The lowest BCUT2D eigenvalue weighted by molar-refractivity contribution is -0.385. The number of rotatable bonds is 10. The van der Waals surface area contributed by atoms with Crippen LogP contribution in [0.4, 0.5) is 10.5 Å². The number of aliphatic carboxylic acids is 1. The van der Waals surface area contributed by atoms with Gasteiger partial charge >= 0.3 is 12.0 Å². The number of ether oxygens (including phenoxy) is 1. The molecule has 11 nitrogen and oxygen atoms in total. The average molecular weight is 545 g/mol. The van der Waals surface area contributed by atoms with Gasteiger partial charge in [0.15, 0.2) is 0 Å². The van der Waals surface area contributed by atoms with Gasteiger partial charge in [-0.1, -0.05) is 30.3 Å². The minimum atomic E-state index is -1.19. The van der Waals surface area contributed by atoms with Gasteiger partial charge in [-0.3, -0.25) is 19.7 Å². The number of hydrogen-bond acceptors (Lipinski definition) is 6. The fraction of sp³-hybridized carbons (Fsp3) is 0.241. The number of benzene rings is 3. The number of nitro groups is 1. The first-order chi connectivity index (χ1) is 19.2. The molecule has 0 bridgehead atoms. The molecule has 2 atom stereocenters. The van der Waals surface area contributed by atoms with Gasteiger partial charge in [-0.2, -0.15) is 0 Å². The summed E-state index contributed by atoms with van der Waals surface area (Å²) in [6.07, 6.45) is 0.329. The van der Waals surface area contributed by atoms with E-state index in [1.807, 2.05) is 30.3 Å². The number of carbonyl (C=O) groups excluding carboxylic acids is 2. The van der Waals surface area contributed by atoms with Gasteiger partial charge in [-0.25, -0.2) is 9.79 Å². The van der Waals surface area contributed by atoms with Gasteiger partial charge < -0.3 is 19.6 Å². The van der Waals surface area contributed by atoms with Crippen LogP contribution in [0.2, 0.25) is 0 Å². The molecule has 0 fully saturated rings. The van der Waals surface area contributed by atoms with Crippen molar-refractivity contribution in [2.75, 3.05) is 20.1 Å². The maximum atomic E-state index is 13.0. The number of urea groups is 1. The number of carboxylic acid groups (broad SMARTS) is 1. The van der Waals surface area contributed by atoms with Crippen LogP contribution >= 0.6 is 0 Å². The Hall–Kier alpha value is -5.06. The standard InChI is InChI=1S/C29H28N4O7/c1-19-25(28(35)36)26(21-8-6-9-22(18-21)33(38)39)32(29(37)30-19)17-7-16-31(2)27(34)20-12-14-24(15-13-20)40-23-10-4-3-5-11-23/h3-6,8-15,18,25-26H,7,16-17H2,1-2H3,(H,35,36). The van der Waals surface area contributed by atoms with Crippen LogP contribution in [0.15, 0.2) is 83.9 Å². The second kappa shape index (κ2) is 12.2. The number of nitro benzene ring substituents is 1. The number of non-ortho nitro benzene ring substituents is 1. The predicted octanol–water partition coefficient (Wildman–Crippen LogP) is 5.19. The predicted molar refractivity (Wildman–Crippen MR) is 147 cm³/mol. The molecular weight excluding hydrogens is 516 g/mol. The van der Waals surface area contributed by atoms with E-state index in [9.17, 15) is 29.6 Å².